The Morgan fingerprint density at radius 2 is 2.11 bits per heavy atom. The van der Waals surface area contributed by atoms with Crippen LogP contribution in [0.15, 0.2) is 18.5 Å². The van der Waals surface area contributed by atoms with Crippen molar-refractivity contribution in [3.05, 3.63) is 40.7 Å². The lowest BCUT2D eigenvalue weighted by atomic mass is 9.98. The first kappa shape index (κ1) is 11.9. The van der Waals surface area contributed by atoms with Crippen LogP contribution in [0.3, 0.4) is 0 Å². The largest absolute Gasteiger partial charge is 0.303 e. The Hall–Kier alpha value is -2.17. The van der Waals surface area contributed by atoms with Crippen LogP contribution >= 0.6 is 0 Å². The number of carbonyl (C=O) groups is 1. The van der Waals surface area contributed by atoms with Crippen LogP contribution in [0.2, 0.25) is 0 Å². The number of aryl methyl sites for hydroxylation is 2. The SMILES string of the molecule is Cc1ccc(C(=O)Nc2nncn2C)c2c1CCC2. The summed E-state index contributed by atoms with van der Waals surface area (Å²) in [5.74, 6) is 0.367. The summed E-state index contributed by atoms with van der Waals surface area (Å²) in [4.78, 5) is 12.3. The molecule has 5 heteroatoms. The third kappa shape index (κ3) is 2.01. The highest BCUT2D eigenvalue weighted by molar-refractivity contribution is 6.04. The molecule has 5 nitrogen and oxygen atoms in total. The van der Waals surface area contributed by atoms with Crippen molar-refractivity contribution < 1.29 is 4.79 Å². The Bertz CT molecular complexity index is 645. The summed E-state index contributed by atoms with van der Waals surface area (Å²) in [7, 11) is 1.80. The lowest BCUT2D eigenvalue weighted by molar-refractivity contribution is 0.102. The quantitative estimate of drug-likeness (QED) is 0.892. The minimum atomic E-state index is -0.103. The van der Waals surface area contributed by atoms with Gasteiger partial charge in [0, 0.05) is 12.6 Å². The summed E-state index contributed by atoms with van der Waals surface area (Å²) >= 11 is 0. The third-order valence-electron chi connectivity index (χ3n) is 3.70. The van der Waals surface area contributed by atoms with E-state index in [-0.39, 0.29) is 5.91 Å². The summed E-state index contributed by atoms with van der Waals surface area (Å²) in [6.07, 6.45) is 4.75. The van der Waals surface area contributed by atoms with E-state index in [0.717, 1.165) is 24.8 Å². The molecule has 0 saturated heterocycles. The first-order valence-electron chi connectivity index (χ1n) is 6.43. The summed E-state index contributed by atoms with van der Waals surface area (Å²) in [6.45, 7) is 2.11. The Labute approximate surface area is 111 Å². The molecule has 98 valence electrons. The zero-order valence-electron chi connectivity index (χ0n) is 11.1. The van der Waals surface area contributed by atoms with E-state index < -0.39 is 0 Å². The van der Waals surface area contributed by atoms with E-state index in [1.54, 1.807) is 17.9 Å². The molecule has 1 aromatic carbocycles. The van der Waals surface area contributed by atoms with Crippen LogP contribution in [0.5, 0.6) is 0 Å². The van der Waals surface area contributed by atoms with Crippen molar-refractivity contribution in [2.75, 3.05) is 5.32 Å². The number of carbonyl (C=O) groups excluding carboxylic acids is 1. The molecule has 0 atom stereocenters. The normalized spacial score (nSPS) is 13.4. The molecule has 0 saturated carbocycles. The number of amides is 1. The number of nitrogens with one attached hydrogen (secondary N) is 1. The second kappa shape index (κ2) is 4.50. The van der Waals surface area contributed by atoms with Crippen LogP contribution in [0, 0.1) is 6.92 Å². The number of rotatable bonds is 2. The predicted molar refractivity (Wildman–Crippen MR) is 72.2 cm³/mol. The van der Waals surface area contributed by atoms with E-state index in [9.17, 15) is 4.79 Å². The van der Waals surface area contributed by atoms with Gasteiger partial charge in [-0.25, -0.2) is 0 Å². The van der Waals surface area contributed by atoms with Gasteiger partial charge < -0.3 is 4.57 Å². The van der Waals surface area contributed by atoms with Gasteiger partial charge in [0.1, 0.15) is 6.33 Å². The van der Waals surface area contributed by atoms with E-state index >= 15 is 0 Å². The Balaban J connectivity index is 1.93. The molecule has 1 aromatic heterocycles. The molecule has 0 bridgehead atoms. The maximum Gasteiger partial charge on any atom is 0.258 e. The van der Waals surface area contributed by atoms with Gasteiger partial charge in [0.05, 0.1) is 0 Å². The Kier molecular flexibility index (Phi) is 2.81. The first-order valence-corrected chi connectivity index (χ1v) is 6.43. The van der Waals surface area contributed by atoms with Gasteiger partial charge in [0.25, 0.3) is 5.91 Å². The number of hydrogen-bond donors (Lipinski definition) is 1. The standard InChI is InChI=1S/C14H16N4O/c1-9-6-7-12(11-5-3-4-10(9)11)13(19)16-14-17-15-8-18(14)2/h6-8H,3-5H2,1-2H3,(H,16,17,19). The fraction of sp³-hybridized carbons (Fsp3) is 0.357. The highest BCUT2D eigenvalue weighted by Crippen LogP contribution is 2.28. The zero-order valence-corrected chi connectivity index (χ0v) is 11.1. The molecule has 0 radical (unpaired) electrons. The van der Waals surface area contributed by atoms with Crippen molar-refractivity contribution in [1.29, 1.82) is 0 Å². The van der Waals surface area contributed by atoms with Gasteiger partial charge in [-0.1, -0.05) is 6.07 Å². The highest BCUT2D eigenvalue weighted by Gasteiger charge is 2.21. The van der Waals surface area contributed by atoms with Gasteiger partial charge in [0.15, 0.2) is 0 Å². The summed E-state index contributed by atoms with van der Waals surface area (Å²) in [5.41, 5.74) is 4.58. The number of aromatic nitrogens is 3. The number of nitrogens with zero attached hydrogens (tertiary/aromatic N) is 3. The van der Waals surface area contributed by atoms with Crippen molar-refractivity contribution in [1.82, 2.24) is 14.8 Å². The second-order valence-electron chi connectivity index (χ2n) is 4.96. The lowest BCUT2D eigenvalue weighted by Crippen LogP contribution is -2.17. The van der Waals surface area contributed by atoms with E-state index in [4.69, 9.17) is 0 Å². The third-order valence-corrected chi connectivity index (χ3v) is 3.70. The second-order valence-corrected chi connectivity index (χ2v) is 4.96. The molecule has 1 amide bonds. The average Bonchev–Trinajstić information content (AvgIpc) is 3.00. The van der Waals surface area contributed by atoms with Crippen LogP contribution in [-0.4, -0.2) is 20.7 Å². The van der Waals surface area contributed by atoms with Crippen LogP contribution in [0.1, 0.15) is 33.5 Å². The molecule has 0 aliphatic heterocycles. The van der Waals surface area contributed by atoms with Gasteiger partial charge in [-0.2, -0.15) is 0 Å². The highest BCUT2D eigenvalue weighted by atomic mass is 16.1. The summed E-state index contributed by atoms with van der Waals surface area (Å²) in [5, 5.41) is 10.4. The molecule has 1 aliphatic carbocycles. The molecule has 3 rings (SSSR count). The van der Waals surface area contributed by atoms with Crippen LogP contribution < -0.4 is 5.32 Å². The van der Waals surface area contributed by atoms with E-state index in [2.05, 4.69) is 22.4 Å². The smallest absolute Gasteiger partial charge is 0.258 e. The van der Waals surface area contributed by atoms with E-state index in [1.807, 2.05) is 12.1 Å². The number of benzene rings is 1. The van der Waals surface area contributed by atoms with Gasteiger partial charge in [-0.3, -0.25) is 10.1 Å². The van der Waals surface area contributed by atoms with Crippen LogP contribution in [0.4, 0.5) is 5.95 Å². The molecule has 1 aliphatic rings. The van der Waals surface area contributed by atoms with Gasteiger partial charge in [-0.05, 0) is 48.9 Å². The van der Waals surface area contributed by atoms with Crippen molar-refractivity contribution in [3.63, 3.8) is 0 Å². The van der Waals surface area contributed by atoms with E-state index in [0.29, 0.717) is 5.95 Å². The Morgan fingerprint density at radius 3 is 2.84 bits per heavy atom. The van der Waals surface area contributed by atoms with Crippen LogP contribution in [-0.2, 0) is 19.9 Å². The Morgan fingerprint density at radius 1 is 1.32 bits per heavy atom. The molecule has 2 aromatic rings. The summed E-state index contributed by atoms with van der Waals surface area (Å²) < 4.78 is 1.69. The summed E-state index contributed by atoms with van der Waals surface area (Å²) in [6, 6.07) is 3.93. The topological polar surface area (TPSA) is 59.8 Å². The fourth-order valence-corrected chi connectivity index (χ4v) is 2.66. The minimum Gasteiger partial charge on any atom is -0.303 e. The monoisotopic (exact) mass is 256 g/mol. The molecule has 1 N–H and O–H groups in total. The van der Waals surface area contributed by atoms with Gasteiger partial charge in [0.2, 0.25) is 5.95 Å². The van der Waals surface area contributed by atoms with Crippen molar-refractivity contribution >= 4 is 11.9 Å². The molecule has 0 unspecified atom stereocenters. The molecular formula is C14H16N4O. The minimum absolute atomic E-state index is 0.103. The average molecular weight is 256 g/mol. The first-order chi connectivity index (χ1) is 9.16. The fourth-order valence-electron chi connectivity index (χ4n) is 2.66. The van der Waals surface area contributed by atoms with Gasteiger partial charge >= 0.3 is 0 Å². The van der Waals surface area contributed by atoms with Crippen molar-refractivity contribution in [3.8, 4) is 0 Å². The van der Waals surface area contributed by atoms with Gasteiger partial charge in [-0.15, -0.1) is 10.2 Å². The maximum absolute atomic E-state index is 12.3. The number of anilines is 1. The molecule has 1 heterocycles. The van der Waals surface area contributed by atoms with Crippen LogP contribution in [0.25, 0.3) is 0 Å². The van der Waals surface area contributed by atoms with Crippen molar-refractivity contribution in [2.24, 2.45) is 7.05 Å². The lowest BCUT2D eigenvalue weighted by Gasteiger charge is -2.10. The number of fused-ring (bicyclic) bond motifs is 1. The maximum atomic E-state index is 12.3. The zero-order chi connectivity index (χ0) is 13.4. The number of hydrogen-bond acceptors (Lipinski definition) is 3. The van der Waals surface area contributed by atoms with Crippen molar-refractivity contribution in [2.45, 2.75) is 26.2 Å². The predicted octanol–water partition coefficient (Wildman–Crippen LogP) is 1.86. The molecule has 0 spiro atoms. The molecule has 19 heavy (non-hydrogen) atoms. The molecule has 0 fully saturated rings. The molecular weight excluding hydrogens is 240 g/mol. The van der Waals surface area contributed by atoms with E-state index in [1.165, 1.54) is 16.7 Å².